The van der Waals surface area contributed by atoms with Crippen LogP contribution in [-0.2, 0) is 9.53 Å². The van der Waals surface area contributed by atoms with Crippen molar-refractivity contribution in [3.05, 3.63) is 0 Å². The van der Waals surface area contributed by atoms with Gasteiger partial charge in [0.05, 0.1) is 18.1 Å². The summed E-state index contributed by atoms with van der Waals surface area (Å²) in [7, 11) is 0. The van der Waals surface area contributed by atoms with Crippen molar-refractivity contribution in [2.75, 3.05) is 19.8 Å². The minimum atomic E-state index is -0.829. The molecule has 0 radical (unpaired) electrons. The first-order valence-corrected chi connectivity index (χ1v) is 6.05. The number of nitrogens with one attached hydrogen (secondary N) is 1. The number of ether oxygens (including phenoxy) is 1. The van der Waals surface area contributed by atoms with Crippen molar-refractivity contribution in [3.8, 4) is 0 Å². The second-order valence-electron chi connectivity index (χ2n) is 4.94. The van der Waals surface area contributed by atoms with Crippen molar-refractivity contribution >= 4 is 5.91 Å². The highest BCUT2D eigenvalue weighted by molar-refractivity contribution is 5.79. The summed E-state index contributed by atoms with van der Waals surface area (Å²) in [6, 6.07) is 0. The summed E-state index contributed by atoms with van der Waals surface area (Å²) in [6.45, 7) is 7.29. The fraction of sp³-hybridized carbons (Fsp3) is 0.917. The second kappa shape index (κ2) is 5.64. The smallest absolute Gasteiger partial charge is 0.225 e. The van der Waals surface area contributed by atoms with Crippen LogP contribution in [-0.4, -0.2) is 36.4 Å². The molecule has 1 amide bonds. The zero-order chi connectivity index (χ0) is 12.2. The fourth-order valence-corrected chi connectivity index (χ4v) is 1.77. The highest BCUT2D eigenvalue weighted by Crippen LogP contribution is 2.19. The van der Waals surface area contributed by atoms with Crippen LogP contribution in [0, 0.1) is 11.8 Å². The predicted octanol–water partition coefficient (Wildman–Crippen LogP) is 0.936. The van der Waals surface area contributed by atoms with Crippen LogP contribution in [0.2, 0.25) is 0 Å². The monoisotopic (exact) mass is 229 g/mol. The lowest BCUT2D eigenvalue weighted by atomic mass is 9.88. The minimum absolute atomic E-state index is 0.000998. The average Bonchev–Trinajstić information content (AvgIpc) is 2.78. The number of carbonyl (C=O) groups is 1. The van der Waals surface area contributed by atoms with Gasteiger partial charge in [0.1, 0.15) is 0 Å². The van der Waals surface area contributed by atoms with Crippen LogP contribution in [0.4, 0.5) is 0 Å². The van der Waals surface area contributed by atoms with Crippen LogP contribution in [0.1, 0.15) is 33.6 Å². The predicted molar refractivity (Wildman–Crippen MR) is 62.0 cm³/mol. The summed E-state index contributed by atoms with van der Waals surface area (Å²) < 4.78 is 5.16. The number of hydrogen-bond acceptors (Lipinski definition) is 3. The molecule has 1 rings (SSSR count). The van der Waals surface area contributed by atoms with E-state index in [0.717, 1.165) is 12.8 Å². The van der Waals surface area contributed by atoms with Gasteiger partial charge in [-0.1, -0.05) is 20.3 Å². The summed E-state index contributed by atoms with van der Waals surface area (Å²) >= 11 is 0. The van der Waals surface area contributed by atoms with Gasteiger partial charge in [-0.15, -0.1) is 0 Å². The summed E-state index contributed by atoms with van der Waals surface area (Å²) in [4.78, 5) is 11.7. The van der Waals surface area contributed by atoms with Gasteiger partial charge in [0, 0.05) is 13.2 Å². The summed E-state index contributed by atoms with van der Waals surface area (Å²) in [5.41, 5.74) is -0.829. The van der Waals surface area contributed by atoms with E-state index in [-0.39, 0.29) is 17.7 Å². The lowest BCUT2D eigenvalue weighted by Crippen LogP contribution is -2.46. The van der Waals surface area contributed by atoms with Gasteiger partial charge in [0.25, 0.3) is 0 Å². The van der Waals surface area contributed by atoms with Crippen LogP contribution in [0.15, 0.2) is 0 Å². The number of amides is 1. The van der Waals surface area contributed by atoms with E-state index < -0.39 is 5.60 Å². The molecule has 0 aromatic carbocycles. The van der Waals surface area contributed by atoms with Gasteiger partial charge in [0.2, 0.25) is 5.91 Å². The molecule has 1 saturated heterocycles. The van der Waals surface area contributed by atoms with E-state index in [1.54, 1.807) is 6.92 Å². The molecule has 0 aromatic rings. The molecule has 4 nitrogen and oxygen atoms in total. The quantitative estimate of drug-likeness (QED) is 0.737. The molecule has 0 saturated carbocycles. The molecular weight excluding hydrogens is 206 g/mol. The molecule has 1 aliphatic heterocycles. The minimum Gasteiger partial charge on any atom is -0.388 e. The van der Waals surface area contributed by atoms with Gasteiger partial charge < -0.3 is 15.2 Å². The topological polar surface area (TPSA) is 58.6 Å². The van der Waals surface area contributed by atoms with Crippen molar-refractivity contribution in [1.29, 1.82) is 0 Å². The van der Waals surface area contributed by atoms with Gasteiger partial charge in [-0.25, -0.2) is 0 Å². The van der Waals surface area contributed by atoms with Gasteiger partial charge in [-0.05, 0) is 19.3 Å². The molecule has 94 valence electrons. The Labute approximate surface area is 97.4 Å². The Morgan fingerprint density at radius 1 is 1.69 bits per heavy atom. The van der Waals surface area contributed by atoms with Crippen LogP contribution >= 0.6 is 0 Å². The third kappa shape index (κ3) is 3.46. The maximum atomic E-state index is 11.7. The normalized spacial score (nSPS) is 26.1. The van der Waals surface area contributed by atoms with Gasteiger partial charge in [-0.2, -0.15) is 0 Å². The van der Waals surface area contributed by atoms with Crippen LogP contribution in [0.3, 0.4) is 0 Å². The number of hydrogen-bond donors (Lipinski definition) is 2. The molecule has 1 aliphatic rings. The van der Waals surface area contributed by atoms with E-state index in [0.29, 0.717) is 19.8 Å². The molecule has 16 heavy (non-hydrogen) atoms. The zero-order valence-electron chi connectivity index (χ0n) is 10.5. The molecule has 0 spiro atoms. The number of rotatable bonds is 5. The summed E-state index contributed by atoms with van der Waals surface area (Å²) in [5, 5.41) is 12.9. The maximum absolute atomic E-state index is 11.7. The average molecular weight is 229 g/mol. The molecule has 0 aliphatic carbocycles. The highest BCUT2D eigenvalue weighted by atomic mass is 16.5. The zero-order valence-corrected chi connectivity index (χ0v) is 10.5. The Hall–Kier alpha value is -0.610. The fourth-order valence-electron chi connectivity index (χ4n) is 1.77. The van der Waals surface area contributed by atoms with Crippen molar-refractivity contribution in [3.63, 3.8) is 0 Å². The lowest BCUT2D eigenvalue weighted by molar-refractivity contribution is -0.126. The largest absolute Gasteiger partial charge is 0.388 e. The first kappa shape index (κ1) is 13.5. The molecule has 3 unspecified atom stereocenters. The summed E-state index contributed by atoms with van der Waals surface area (Å²) in [5.74, 6) is 0.140. The molecular formula is C12H23NO3. The molecule has 1 fully saturated rings. The van der Waals surface area contributed by atoms with Gasteiger partial charge in [-0.3, -0.25) is 4.79 Å². The Kier molecular flexibility index (Phi) is 4.74. The van der Waals surface area contributed by atoms with Crippen LogP contribution < -0.4 is 5.32 Å². The SMILES string of the molecule is CCC(C)C(C)(O)CNC(=O)C1CCOC1. The summed E-state index contributed by atoms with van der Waals surface area (Å²) in [6.07, 6.45) is 1.69. The molecule has 2 N–H and O–H groups in total. The molecule has 1 heterocycles. The Bertz CT molecular complexity index is 234. The molecule has 0 aromatic heterocycles. The first-order valence-electron chi connectivity index (χ1n) is 6.05. The first-order chi connectivity index (χ1) is 7.47. The van der Waals surface area contributed by atoms with Crippen LogP contribution in [0.5, 0.6) is 0 Å². The van der Waals surface area contributed by atoms with Crippen molar-refractivity contribution in [1.82, 2.24) is 5.32 Å². The van der Waals surface area contributed by atoms with E-state index >= 15 is 0 Å². The highest BCUT2D eigenvalue weighted by Gasteiger charge is 2.29. The van der Waals surface area contributed by atoms with E-state index in [9.17, 15) is 9.90 Å². The van der Waals surface area contributed by atoms with E-state index in [2.05, 4.69) is 5.32 Å². The number of carbonyl (C=O) groups excluding carboxylic acids is 1. The van der Waals surface area contributed by atoms with Crippen LogP contribution in [0.25, 0.3) is 0 Å². The van der Waals surface area contributed by atoms with E-state index in [4.69, 9.17) is 4.74 Å². The van der Waals surface area contributed by atoms with E-state index in [1.165, 1.54) is 0 Å². The van der Waals surface area contributed by atoms with Gasteiger partial charge in [0.15, 0.2) is 0 Å². The number of aliphatic hydroxyl groups is 1. The maximum Gasteiger partial charge on any atom is 0.225 e. The van der Waals surface area contributed by atoms with E-state index in [1.807, 2.05) is 13.8 Å². The third-order valence-electron chi connectivity index (χ3n) is 3.60. The second-order valence-corrected chi connectivity index (χ2v) is 4.94. The Morgan fingerprint density at radius 2 is 2.38 bits per heavy atom. The van der Waals surface area contributed by atoms with Crippen molar-refractivity contribution in [2.24, 2.45) is 11.8 Å². The van der Waals surface area contributed by atoms with Gasteiger partial charge >= 0.3 is 0 Å². The van der Waals surface area contributed by atoms with Crippen molar-refractivity contribution in [2.45, 2.75) is 39.2 Å². The Balaban J connectivity index is 2.35. The third-order valence-corrected chi connectivity index (χ3v) is 3.60. The molecule has 4 heteroatoms. The van der Waals surface area contributed by atoms with Crippen molar-refractivity contribution < 1.29 is 14.6 Å². The Morgan fingerprint density at radius 3 is 2.88 bits per heavy atom. The lowest BCUT2D eigenvalue weighted by Gasteiger charge is -2.30. The molecule has 0 bridgehead atoms. The standard InChI is InChI=1S/C12H23NO3/c1-4-9(2)12(3,15)8-13-11(14)10-5-6-16-7-10/h9-10,15H,4-8H2,1-3H3,(H,13,14). The molecule has 3 atom stereocenters.